The molecule has 0 saturated heterocycles. The molecule has 2 N–H and O–H groups in total. The van der Waals surface area contributed by atoms with Gasteiger partial charge in [0.25, 0.3) is 0 Å². The Morgan fingerprint density at radius 1 is 1.19 bits per heavy atom. The molecule has 9 heteroatoms. The second-order valence-corrected chi connectivity index (χ2v) is 5.44. The van der Waals surface area contributed by atoms with Crippen LogP contribution in [0.2, 0.25) is 0 Å². The quantitative estimate of drug-likeness (QED) is 0.366. The molecule has 27 heavy (non-hydrogen) atoms. The summed E-state index contributed by atoms with van der Waals surface area (Å²) in [6, 6.07) is 9.54. The van der Waals surface area contributed by atoms with Crippen molar-refractivity contribution < 1.29 is 17.9 Å². The maximum Gasteiger partial charge on any atom is 0.416 e. The minimum absolute atomic E-state index is 0. The van der Waals surface area contributed by atoms with E-state index in [1.165, 1.54) is 19.2 Å². The molecule has 2 rings (SSSR count). The second kappa shape index (κ2) is 11.0. The van der Waals surface area contributed by atoms with Gasteiger partial charge < -0.3 is 15.4 Å². The molecule has 5 nitrogen and oxygen atoms in total. The average molecular weight is 494 g/mol. The average Bonchev–Trinajstić information content (AvgIpc) is 2.64. The zero-order valence-corrected chi connectivity index (χ0v) is 17.3. The molecular weight excluding hydrogens is 472 g/mol. The number of aliphatic imine (C=N–C) groups is 1. The van der Waals surface area contributed by atoms with Gasteiger partial charge >= 0.3 is 6.18 Å². The van der Waals surface area contributed by atoms with Crippen LogP contribution in [0.4, 0.5) is 13.2 Å². The summed E-state index contributed by atoms with van der Waals surface area (Å²) in [5, 5.41) is 5.96. The van der Waals surface area contributed by atoms with Gasteiger partial charge in [-0.25, -0.2) is 0 Å². The van der Waals surface area contributed by atoms with Crippen LogP contribution in [0.25, 0.3) is 0 Å². The molecule has 0 bridgehead atoms. The number of alkyl halides is 3. The van der Waals surface area contributed by atoms with Gasteiger partial charge in [0.15, 0.2) is 5.96 Å². The van der Waals surface area contributed by atoms with Crippen molar-refractivity contribution in [3.63, 3.8) is 0 Å². The second-order valence-electron chi connectivity index (χ2n) is 5.44. The van der Waals surface area contributed by atoms with Gasteiger partial charge in [-0.1, -0.05) is 12.1 Å². The fourth-order valence-electron chi connectivity index (χ4n) is 2.36. The molecule has 0 atom stereocenters. The number of rotatable bonds is 6. The van der Waals surface area contributed by atoms with Gasteiger partial charge in [0.2, 0.25) is 0 Å². The first-order valence-corrected chi connectivity index (χ1v) is 8.02. The molecular formula is C18H22F3IN4O. The summed E-state index contributed by atoms with van der Waals surface area (Å²) in [5.41, 5.74) is 0.309. The van der Waals surface area contributed by atoms with Crippen molar-refractivity contribution in [2.75, 3.05) is 20.7 Å². The Morgan fingerprint density at radius 2 is 1.96 bits per heavy atom. The van der Waals surface area contributed by atoms with Crippen LogP contribution in [0, 0.1) is 0 Å². The Morgan fingerprint density at radius 3 is 2.56 bits per heavy atom. The molecule has 0 aliphatic rings. The summed E-state index contributed by atoms with van der Waals surface area (Å²) in [5.74, 6) is 0.587. The minimum Gasteiger partial charge on any atom is -0.497 e. The smallest absolute Gasteiger partial charge is 0.416 e. The zero-order valence-electron chi connectivity index (χ0n) is 15.0. The van der Waals surface area contributed by atoms with Crippen molar-refractivity contribution in [3.8, 4) is 5.75 Å². The number of ether oxygens (including phenoxy) is 1. The van der Waals surface area contributed by atoms with Crippen molar-refractivity contribution in [3.05, 3.63) is 59.4 Å². The van der Waals surface area contributed by atoms with E-state index in [2.05, 4.69) is 20.6 Å². The number of benzene rings is 1. The molecule has 0 radical (unpaired) electrons. The highest BCUT2D eigenvalue weighted by Crippen LogP contribution is 2.34. The van der Waals surface area contributed by atoms with Crippen LogP contribution in [0.1, 0.15) is 16.8 Å². The summed E-state index contributed by atoms with van der Waals surface area (Å²) < 4.78 is 44.6. The van der Waals surface area contributed by atoms with Gasteiger partial charge in [-0.05, 0) is 29.8 Å². The normalized spacial score (nSPS) is 11.5. The molecule has 0 aliphatic heterocycles. The number of nitrogens with zero attached hydrogens (tertiary/aromatic N) is 2. The molecule has 148 valence electrons. The predicted octanol–water partition coefficient (Wildman–Crippen LogP) is 3.63. The Balaban J connectivity index is 0.00000364. The van der Waals surface area contributed by atoms with Crippen molar-refractivity contribution >= 4 is 29.9 Å². The van der Waals surface area contributed by atoms with Gasteiger partial charge in [-0.3, -0.25) is 9.98 Å². The lowest BCUT2D eigenvalue weighted by Gasteiger charge is -2.16. The van der Waals surface area contributed by atoms with Crippen LogP contribution < -0.4 is 15.4 Å². The molecule has 0 unspecified atom stereocenters. The maximum absolute atomic E-state index is 13.2. The van der Waals surface area contributed by atoms with Crippen molar-refractivity contribution in [2.24, 2.45) is 4.99 Å². The molecule has 0 amide bonds. The van der Waals surface area contributed by atoms with Crippen molar-refractivity contribution in [2.45, 2.75) is 19.1 Å². The number of methoxy groups -OCH3 is 1. The van der Waals surface area contributed by atoms with Gasteiger partial charge in [0.05, 0.1) is 12.7 Å². The molecule has 1 aromatic carbocycles. The molecule has 1 aromatic heterocycles. The van der Waals surface area contributed by atoms with Crippen LogP contribution in [-0.4, -0.2) is 31.6 Å². The first-order chi connectivity index (χ1) is 12.4. The Bertz CT molecular complexity index is 739. The zero-order chi connectivity index (χ0) is 19.0. The monoisotopic (exact) mass is 494 g/mol. The minimum atomic E-state index is -4.46. The Kier molecular flexibility index (Phi) is 9.33. The number of hydrogen-bond donors (Lipinski definition) is 2. The van der Waals surface area contributed by atoms with E-state index in [1.807, 2.05) is 18.2 Å². The maximum atomic E-state index is 13.2. The van der Waals surface area contributed by atoms with E-state index < -0.39 is 11.7 Å². The molecule has 2 aromatic rings. The summed E-state index contributed by atoms with van der Waals surface area (Å²) >= 11 is 0. The summed E-state index contributed by atoms with van der Waals surface area (Å²) in [6.07, 6.45) is -2.07. The topological polar surface area (TPSA) is 58.5 Å². The van der Waals surface area contributed by atoms with E-state index in [1.54, 1.807) is 13.2 Å². The third-order valence-corrected chi connectivity index (χ3v) is 3.69. The molecule has 0 spiro atoms. The van der Waals surface area contributed by atoms with Gasteiger partial charge in [-0.15, -0.1) is 24.0 Å². The number of hydrogen-bond acceptors (Lipinski definition) is 3. The number of halogens is 4. The standard InChI is InChI=1S/C18H21F3N4O.HI/c1-22-17(24-10-8-14-5-3-4-9-23-14)25-12-13-6-7-15(26-2)11-16(13)18(19,20)21;/h3-7,9,11H,8,10,12H2,1-2H3,(H2,22,24,25);1H. The van der Waals surface area contributed by atoms with Crippen LogP contribution in [0.3, 0.4) is 0 Å². The first-order valence-electron chi connectivity index (χ1n) is 8.02. The summed E-state index contributed by atoms with van der Waals surface area (Å²) in [7, 11) is 2.90. The lowest BCUT2D eigenvalue weighted by atomic mass is 10.1. The van der Waals surface area contributed by atoms with E-state index >= 15 is 0 Å². The van der Waals surface area contributed by atoms with Gasteiger partial charge in [-0.2, -0.15) is 13.2 Å². The van der Waals surface area contributed by atoms with Crippen molar-refractivity contribution in [1.82, 2.24) is 15.6 Å². The highest BCUT2D eigenvalue weighted by molar-refractivity contribution is 14.0. The van der Waals surface area contributed by atoms with Gasteiger partial charge in [0, 0.05) is 38.4 Å². The highest BCUT2D eigenvalue weighted by atomic mass is 127. The number of nitrogens with one attached hydrogen (secondary N) is 2. The first kappa shape index (κ1) is 23.0. The molecule has 1 heterocycles. The van der Waals surface area contributed by atoms with E-state index in [0.29, 0.717) is 18.9 Å². The fourth-order valence-corrected chi connectivity index (χ4v) is 2.36. The third-order valence-electron chi connectivity index (χ3n) is 3.69. The lowest BCUT2D eigenvalue weighted by molar-refractivity contribution is -0.138. The Labute approximate surface area is 173 Å². The van der Waals surface area contributed by atoms with E-state index in [-0.39, 0.29) is 41.8 Å². The number of pyridine rings is 1. The largest absolute Gasteiger partial charge is 0.497 e. The van der Waals surface area contributed by atoms with Crippen LogP contribution >= 0.6 is 24.0 Å². The molecule has 0 fully saturated rings. The molecule has 0 aliphatic carbocycles. The summed E-state index contributed by atoms with van der Waals surface area (Å²) in [6.45, 7) is 0.549. The number of guanidine groups is 1. The van der Waals surface area contributed by atoms with E-state index in [9.17, 15) is 13.2 Å². The predicted molar refractivity (Wildman–Crippen MR) is 110 cm³/mol. The number of aromatic nitrogens is 1. The van der Waals surface area contributed by atoms with Gasteiger partial charge in [0.1, 0.15) is 5.75 Å². The van der Waals surface area contributed by atoms with Crippen molar-refractivity contribution in [1.29, 1.82) is 0 Å². The Hall–Kier alpha value is -2.04. The van der Waals surface area contributed by atoms with Crippen LogP contribution in [0.15, 0.2) is 47.6 Å². The van der Waals surface area contributed by atoms with E-state index in [4.69, 9.17) is 4.74 Å². The SMILES string of the molecule is CN=C(NCCc1ccccn1)NCc1ccc(OC)cc1C(F)(F)F.I. The highest BCUT2D eigenvalue weighted by Gasteiger charge is 2.33. The molecule has 0 saturated carbocycles. The van der Waals surface area contributed by atoms with Crippen LogP contribution in [0.5, 0.6) is 5.75 Å². The lowest BCUT2D eigenvalue weighted by Crippen LogP contribution is -2.38. The van der Waals surface area contributed by atoms with E-state index in [0.717, 1.165) is 11.8 Å². The third kappa shape index (κ3) is 7.24. The summed E-state index contributed by atoms with van der Waals surface area (Å²) in [4.78, 5) is 8.24. The van der Waals surface area contributed by atoms with Crippen LogP contribution in [-0.2, 0) is 19.1 Å². The fraction of sp³-hybridized carbons (Fsp3) is 0.333.